The van der Waals surface area contributed by atoms with E-state index in [0.717, 1.165) is 12.1 Å². The van der Waals surface area contributed by atoms with Gasteiger partial charge in [-0.15, -0.1) is 13.2 Å². The molecule has 1 aromatic carbocycles. The Labute approximate surface area is 114 Å². The molecule has 0 unspecified atom stereocenters. The van der Waals surface area contributed by atoms with Crippen LogP contribution in [-0.2, 0) is 6.42 Å². The van der Waals surface area contributed by atoms with Gasteiger partial charge in [0.2, 0.25) is 0 Å². The lowest BCUT2D eigenvalue weighted by atomic mass is 10.1. The molecule has 0 bridgehead atoms. The summed E-state index contributed by atoms with van der Waals surface area (Å²) in [6.45, 7) is 4.12. The number of anilines is 1. The summed E-state index contributed by atoms with van der Waals surface area (Å²) >= 11 is 0. The number of hydrogen-bond donors (Lipinski definition) is 1. The van der Waals surface area contributed by atoms with E-state index < -0.39 is 6.36 Å². The van der Waals surface area contributed by atoms with Crippen LogP contribution >= 0.6 is 0 Å². The maximum atomic E-state index is 12.2. The molecule has 1 heterocycles. The molecular formula is C14H15F3N2O. The Kier molecular flexibility index (Phi) is 3.74. The van der Waals surface area contributed by atoms with Gasteiger partial charge in [-0.1, -0.05) is 13.8 Å². The number of ether oxygens (including phenoxy) is 1. The van der Waals surface area contributed by atoms with Crippen molar-refractivity contribution >= 4 is 16.6 Å². The van der Waals surface area contributed by atoms with E-state index in [-0.39, 0.29) is 5.75 Å². The maximum absolute atomic E-state index is 12.2. The first-order chi connectivity index (χ1) is 9.24. The quantitative estimate of drug-likeness (QED) is 0.929. The van der Waals surface area contributed by atoms with Gasteiger partial charge in [-0.3, -0.25) is 4.98 Å². The SMILES string of the molecule is CC(C)Cc1cc(N)c2cc(OC(F)(F)F)ccc2n1. The first kappa shape index (κ1) is 14.4. The minimum atomic E-state index is -4.71. The Bertz CT molecular complexity index is 624. The van der Waals surface area contributed by atoms with Crippen molar-refractivity contribution in [3.63, 3.8) is 0 Å². The van der Waals surface area contributed by atoms with E-state index in [2.05, 4.69) is 23.6 Å². The Morgan fingerprint density at radius 1 is 1.25 bits per heavy atom. The summed E-state index contributed by atoms with van der Waals surface area (Å²) in [7, 11) is 0. The number of hydrogen-bond acceptors (Lipinski definition) is 3. The van der Waals surface area contributed by atoms with E-state index in [9.17, 15) is 13.2 Å². The van der Waals surface area contributed by atoms with Gasteiger partial charge in [0.1, 0.15) is 5.75 Å². The van der Waals surface area contributed by atoms with Crippen LogP contribution < -0.4 is 10.5 Å². The molecular weight excluding hydrogens is 269 g/mol. The van der Waals surface area contributed by atoms with Gasteiger partial charge >= 0.3 is 6.36 Å². The summed E-state index contributed by atoms with van der Waals surface area (Å²) in [5, 5.41) is 0.458. The van der Waals surface area contributed by atoms with Gasteiger partial charge in [-0.2, -0.15) is 0 Å². The molecule has 3 nitrogen and oxygen atoms in total. The third-order valence-electron chi connectivity index (χ3n) is 2.72. The summed E-state index contributed by atoms with van der Waals surface area (Å²) < 4.78 is 40.4. The van der Waals surface area contributed by atoms with Gasteiger partial charge in [-0.05, 0) is 36.6 Å². The van der Waals surface area contributed by atoms with E-state index in [1.165, 1.54) is 18.2 Å². The van der Waals surface area contributed by atoms with E-state index in [1.54, 1.807) is 6.07 Å². The van der Waals surface area contributed by atoms with Crippen molar-refractivity contribution in [2.24, 2.45) is 5.92 Å². The molecule has 0 aliphatic rings. The molecule has 0 aliphatic carbocycles. The molecule has 2 aromatic rings. The number of alkyl halides is 3. The van der Waals surface area contributed by atoms with Crippen molar-refractivity contribution in [3.05, 3.63) is 30.0 Å². The van der Waals surface area contributed by atoms with Gasteiger partial charge in [0, 0.05) is 16.8 Å². The van der Waals surface area contributed by atoms with Crippen LogP contribution in [0.2, 0.25) is 0 Å². The highest BCUT2D eigenvalue weighted by Crippen LogP contribution is 2.29. The van der Waals surface area contributed by atoms with Crippen LogP contribution in [0.4, 0.5) is 18.9 Å². The van der Waals surface area contributed by atoms with Gasteiger partial charge in [-0.25, -0.2) is 0 Å². The molecule has 1 aromatic heterocycles. The fraction of sp³-hybridized carbons (Fsp3) is 0.357. The number of nitrogen functional groups attached to an aromatic ring is 1. The predicted molar refractivity (Wildman–Crippen MR) is 71.4 cm³/mol. The summed E-state index contributed by atoms with van der Waals surface area (Å²) in [6.07, 6.45) is -3.95. The van der Waals surface area contributed by atoms with Gasteiger partial charge in [0.25, 0.3) is 0 Å². The van der Waals surface area contributed by atoms with Crippen molar-refractivity contribution in [2.45, 2.75) is 26.6 Å². The van der Waals surface area contributed by atoms with E-state index in [1.807, 2.05) is 0 Å². The molecule has 0 atom stereocenters. The Balaban J connectivity index is 2.41. The highest BCUT2D eigenvalue weighted by atomic mass is 19.4. The van der Waals surface area contributed by atoms with Crippen LogP contribution in [0.1, 0.15) is 19.5 Å². The molecule has 0 radical (unpaired) electrons. The topological polar surface area (TPSA) is 48.1 Å². The Hall–Kier alpha value is -1.98. The summed E-state index contributed by atoms with van der Waals surface area (Å²) in [4.78, 5) is 4.40. The smallest absolute Gasteiger partial charge is 0.406 e. The highest BCUT2D eigenvalue weighted by Gasteiger charge is 2.31. The summed E-state index contributed by atoms with van der Waals surface area (Å²) in [5.41, 5.74) is 7.68. The van der Waals surface area contributed by atoms with Crippen LogP contribution in [0.3, 0.4) is 0 Å². The molecule has 0 spiro atoms. The molecule has 108 valence electrons. The van der Waals surface area contributed by atoms with Crippen LogP contribution in [-0.4, -0.2) is 11.3 Å². The normalized spacial score (nSPS) is 12.1. The molecule has 0 saturated heterocycles. The summed E-state index contributed by atoms with van der Waals surface area (Å²) in [6, 6.07) is 5.67. The number of rotatable bonds is 3. The third kappa shape index (κ3) is 3.53. The molecule has 2 N–H and O–H groups in total. The standard InChI is InChI=1S/C14H15F3N2O/c1-8(2)5-9-6-12(18)11-7-10(20-14(15,16)17)3-4-13(11)19-9/h3-4,6-8H,5H2,1-2H3,(H2,18,19). The Morgan fingerprint density at radius 3 is 2.55 bits per heavy atom. The molecule has 20 heavy (non-hydrogen) atoms. The minimum absolute atomic E-state index is 0.296. The average molecular weight is 284 g/mol. The molecule has 0 fully saturated rings. The van der Waals surface area contributed by atoms with E-state index in [4.69, 9.17) is 5.73 Å². The third-order valence-corrected chi connectivity index (χ3v) is 2.72. The molecule has 6 heteroatoms. The first-order valence-corrected chi connectivity index (χ1v) is 6.19. The lowest BCUT2D eigenvalue weighted by Crippen LogP contribution is -2.17. The van der Waals surface area contributed by atoms with Crippen molar-refractivity contribution in [2.75, 3.05) is 5.73 Å². The van der Waals surface area contributed by atoms with Crippen LogP contribution in [0.15, 0.2) is 24.3 Å². The van der Waals surface area contributed by atoms with Gasteiger partial charge < -0.3 is 10.5 Å². The average Bonchev–Trinajstić information content (AvgIpc) is 2.27. The summed E-state index contributed by atoms with van der Waals surface area (Å²) in [5.74, 6) is 0.127. The Morgan fingerprint density at radius 2 is 1.95 bits per heavy atom. The van der Waals surface area contributed by atoms with E-state index >= 15 is 0 Å². The molecule has 0 saturated carbocycles. The number of fused-ring (bicyclic) bond motifs is 1. The lowest BCUT2D eigenvalue weighted by Gasteiger charge is -2.11. The van der Waals surface area contributed by atoms with Crippen molar-refractivity contribution in [1.82, 2.24) is 4.98 Å². The van der Waals surface area contributed by atoms with Gasteiger partial charge in [0.15, 0.2) is 0 Å². The van der Waals surface area contributed by atoms with Crippen molar-refractivity contribution in [1.29, 1.82) is 0 Å². The first-order valence-electron chi connectivity index (χ1n) is 6.19. The second-order valence-electron chi connectivity index (χ2n) is 5.03. The number of pyridine rings is 1. The zero-order chi connectivity index (χ0) is 14.9. The largest absolute Gasteiger partial charge is 0.573 e. The molecule has 2 rings (SSSR count). The van der Waals surface area contributed by atoms with Crippen LogP contribution in [0.25, 0.3) is 10.9 Å². The number of benzene rings is 1. The fourth-order valence-electron chi connectivity index (χ4n) is 2.01. The second-order valence-corrected chi connectivity index (χ2v) is 5.03. The number of aromatic nitrogens is 1. The van der Waals surface area contributed by atoms with E-state index in [0.29, 0.717) is 22.5 Å². The number of nitrogens with two attached hydrogens (primary N) is 1. The molecule has 0 aliphatic heterocycles. The van der Waals surface area contributed by atoms with Crippen molar-refractivity contribution < 1.29 is 17.9 Å². The predicted octanol–water partition coefficient (Wildman–Crippen LogP) is 3.91. The van der Waals surface area contributed by atoms with Crippen LogP contribution in [0.5, 0.6) is 5.75 Å². The maximum Gasteiger partial charge on any atom is 0.573 e. The van der Waals surface area contributed by atoms with Gasteiger partial charge in [0.05, 0.1) is 5.52 Å². The number of halogens is 3. The highest BCUT2D eigenvalue weighted by molar-refractivity contribution is 5.91. The second kappa shape index (κ2) is 5.19. The fourth-order valence-corrected chi connectivity index (χ4v) is 2.01. The molecule has 0 amide bonds. The number of nitrogens with zero attached hydrogens (tertiary/aromatic N) is 1. The zero-order valence-corrected chi connectivity index (χ0v) is 11.2. The van der Waals surface area contributed by atoms with Crippen molar-refractivity contribution in [3.8, 4) is 5.75 Å². The monoisotopic (exact) mass is 284 g/mol. The lowest BCUT2D eigenvalue weighted by molar-refractivity contribution is -0.274. The van der Waals surface area contributed by atoms with Crippen LogP contribution in [0, 0.1) is 5.92 Å². The minimum Gasteiger partial charge on any atom is -0.406 e. The zero-order valence-electron chi connectivity index (χ0n) is 11.2.